The third kappa shape index (κ3) is 9.25. The van der Waals surface area contributed by atoms with E-state index in [0.29, 0.717) is 19.6 Å². The van der Waals surface area contributed by atoms with Gasteiger partial charge in [-0.2, -0.15) is 13.2 Å². The summed E-state index contributed by atoms with van der Waals surface area (Å²) in [5.41, 5.74) is 4.70. The van der Waals surface area contributed by atoms with Gasteiger partial charge in [0, 0.05) is 6.61 Å². The molecular weight excluding hydrogens is 509 g/mol. The topological polar surface area (TPSA) is 118 Å². The summed E-state index contributed by atoms with van der Waals surface area (Å²) >= 11 is 0. The summed E-state index contributed by atoms with van der Waals surface area (Å²) in [6.45, 7) is 5.87. The van der Waals surface area contributed by atoms with Gasteiger partial charge in [0.25, 0.3) is 0 Å². The summed E-state index contributed by atoms with van der Waals surface area (Å²) in [5, 5.41) is 2.89. The second kappa shape index (κ2) is 15.2. The fraction of sp³-hybridized carbons (Fsp3) is 0.538. The highest BCUT2D eigenvalue weighted by atomic mass is 19.4. The lowest BCUT2D eigenvalue weighted by Gasteiger charge is -2.31. The van der Waals surface area contributed by atoms with Gasteiger partial charge in [-0.15, -0.1) is 0 Å². The van der Waals surface area contributed by atoms with E-state index in [1.165, 1.54) is 32.0 Å². The van der Waals surface area contributed by atoms with Gasteiger partial charge in [0.1, 0.15) is 24.0 Å². The maximum atomic E-state index is 14.0. The lowest BCUT2D eigenvalue weighted by atomic mass is 9.87. The first-order valence-electron chi connectivity index (χ1n) is 12.4. The van der Waals surface area contributed by atoms with Crippen molar-refractivity contribution in [2.75, 3.05) is 33.0 Å². The van der Waals surface area contributed by atoms with Crippen molar-refractivity contribution in [3.8, 4) is 0 Å². The molecule has 1 heterocycles. The van der Waals surface area contributed by atoms with E-state index >= 15 is 0 Å². The number of benzene rings is 1. The van der Waals surface area contributed by atoms with Crippen LogP contribution in [0.15, 0.2) is 47.2 Å². The zero-order chi connectivity index (χ0) is 28.1. The molecule has 9 nitrogen and oxygen atoms in total. The molecule has 0 fully saturated rings. The van der Waals surface area contributed by atoms with E-state index in [1.54, 1.807) is 6.92 Å². The zero-order valence-electron chi connectivity index (χ0n) is 21.8. The standard InChI is InChI=1S/C26H35F3N2O7/c1-4-34-15-16-36-25(33)38-23-18(3)31-17(2)22(37-24(32)35-14-10-6-5-9-13-30)21(23)19-11-7-8-12-20(19)26(27,28)29/h7-8,11-12,21,31H,4-6,9-10,13-16,30H2,1-3H3. The Kier molecular flexibility index (Phi) is 12.4. The smallest absolute Gasteiger partial charge is 0.434 e. The number of rotatable bonds is 13. The number of nitrogens with one attached hydrogen (secondary N) is 1. The Bertz CT molecular complexity index is 1010. The normalized spacial score (nSPS) is 15.7. The van der Waals surface area contributed by atoms with Crippen molar-refractivity contribution in [3.63, 3.8) is 0 Å². The molecule has 212 valence electrons. The Hall–Kier alpha value is -3.25. The maximum Gasteiger partial charge on any atom is 0.513 e. The number of unbranched alkanes of at least 4 members (excludes halogenated alkanes) is 3. The molecule has 1 atom stereocenters. The molecule has 2 rings (SSSR count). The van der Waals surface area contributed by atoms with Crippen LogP contribution in [0.1, 0.15) is 63.5 Å². The Morgan fingerprint density at radius 1 is 0.895 bits per heavy atom. The second-order valence-corrected chi connectivity index (χ2v) is 8.42. The van der Waals surface area contributed by atoms with Crippen molar-refractivity contribution in [3.05, 3.63) is 58.3 Å². The molecule has 1 unspecified atom stereocenters. The van der Waals surface area contributed by atoms with E-state index in [1.807, 2.05) is 0 Å². The molecule has 0 bridgehead atoms. The van der Waals surface area contributed by atoms with Gasteiger partial charge in [0.05, 0.1) is 30.2 Å². The summed E-state index contributed by atoms with van der Waals surface area (Å²) < 4.78 is 67.9. The number of nitrogens with two attached hydrogens (primary N) is 1. The van der Waals surface area contributed by atoms with Crippen molar-refractivity contribution in [1.29, 1.82) is 0 Å². The number of halogens is 3. The molecule has 1 aromatic rings. The highest BCUT2D eigenvalue weighted by Gasteiger charge is 2.42. The first kappa shape index (κ1) is 31.0. The first-order chi connectivity index (χ1) is 18.1. The molecule has 3 N–H and O–H groups in total. The van der Waals surface area contributed by atoms with Crippen LogP contribution in [-0.4, -0.2) is 45.3 Å². The molecule has 0 saturated carbocycles. The van der Waals surface area contributed by atoms with Crippen LogP contribution in [-0.2, 0) is 29.9 Å². The molecule has 0 saturated heterocycles. The van der Waals surface area contributed by atoms with Crippen molar-refractivity contribution in [2.45, 2.75) is 58.5 Å². The maximum absolute atomic E-state index is 14.0. The average molecular weight is 545 g/mol. The summed E-state index contributed by atoms with van der Waals surface area (Å²) in [6.07, 6.45) is -3.87. The molecule has 1 aliphatic heterocycles. The summed E-state index contributed by atoms with van der Waals surface area (Å²) in [5.74, 6) is -1.80. The monoisotopic (exact) mass is 544 g/mol. The summed E-state index contributed by atoms with van der Waals surface area (Å²) in [6, 6.07) is 4.78. The van der Waals surface area contributed by atoms with Gasteiger partial charge in [0.15, 0.2) is 0 Å². The van der Waals surface area contributed by atoms with Gasteiger partial charge in [-0.1, -0.05) is 31.0 Å². The number of carbonyl (C=O) groups is 2. The number of alkyl halides is 3. The van der Waals surface area contributed by atoms with Gasteiger partial charge in [-0.05, 0) is 51.8 Å². The van der Waals surface area contributed by atoms with Crippen molar-refractivity contribution < 1.29 is 46.4 Å². The number of hydrogen-bond acceptors (Lipinski definition) is 9. The van der Waals surface area contributed by atoms with E-state index < -0.39 is 30.0 Å². The van der Waals surface area contributed by atoms with Crippen LogP contribution in [0.5, 0.6) is 0 Å². The van der Waals surface area contributed by atoms with Gasteiger partial charge >= 0.3 is 18.5 Å². The minimum absolute atomic E-state index is 0.0668. The number of allylic oxidation sites excluding steroid dienone is 2. The molecule has 1 aromatic carbocycles. The molecule has 38 heavy (non-hydrogen) atoms. The minimum atomic E-state index is -4.73. The lowest BCUT2D eigenvalue weighted by Crippen LogP contribution is -2.30. The van der Waals surface area contributed by atoms with Crippen LogP contribution in [0.4, 0.5) is 22.8 Å². The van der Waals surface area contributed by atoms with Crippen LogP contribution in [0.25, 0.3) is 0 Å². The van der Waals surface area contributed by atoms with Gasteiger partial charge in [-0.25, -0.2) is 9.59 Å². The molecule has 0 radical (unpaired) electrons. The van der Waals surface area contributed by atoms with Crippen LogP contribution in [0.3, 0.4) is 0 Å². The third-order valence-corrected chi connectivity index (χ3v) is 5.57. The predicted molar refractivity (Wildman–Crippen MR) is 132 cm³/mol. The van der Waals surface area contributed by atoms with E-state index in [4.69, 9.17) is 29.4 Å². The van der Waals surface area contributed by atoms with Crippen molar-refractivity contribution in [2.24, 2.45) is 5.73 Å². The quantitative estimate of drug-likeness (QED) is 0.237. The zero-order valence-corrected chi connectivity index (χ0v) is 21.8. The Morgan fingerprint density at radius 2 is 1.47 bits per heavy atom. The molecule has 0 aliphatic carbocycles. The molecule has 1 aliphatic rings. The molecule has 12 heteroatoms. The Balaban J connectivity index is 2.34. The number of ether oxygens (including phenoxy) is 5. The first-order valence-corrected chi connectivity index (χ1v) is 12.4. The molecule has 0 aromatic heterocycles. The highest BCUT2D eigenvalue weighted by molar-refractivity contribution is 5.65. The van der Waals surface area contributed by atoms with E-state index in [2.05, 4.69) is 5.32 Å². The van der Waals surface area contributed by atoms with Crippen LogP contribution >= 0.6 is 0 Å². The highest BCUT2D eigenvalue weighted by Crippen LogP contribution is 2.44. The number of carbonyl (C=O) groups excluding carboxylic acids is 2. The average Bonchev–Trinajstić information content (AvgIpc) is 2.86. The lowest BCUT2D eigenvalue weighted by molar-refractivity contribution is -0.138. The van der Waals surface area contributed by atoms with E-state index in [-0.39, 0.29) is 48.3 Å². The van der Waals surface area contributed by atoms with Crippen LogP contribution < -0.4 is 11.1 Å². The summed E-state index contributed by atoms with van der Waals surface area (Å²) in [7, 11) is 0. The predicted octanol–water partition coefficient (Wildman–Crippen LogP) is 5.72. The van der Waals surface area contributed by atoms with Crippen molar-refractivity contribution in [1.82, 2.24) is 5.32 Å². The third-order valence-electron chi connectivity index (χ3n) is 5.57. The number of dihydropyridines is 1. The second-order valence-electron chi connectivity index (χ2n) is 8.42. The fourth-order valence-electron chi connectivity index (χ4n) is 3.84. The van der Waals surface area contributed by atoms with Crippen LogP contribution in [0.2, 0.25) is 0 Å². The summed E-state index contributed by atoms with van der Waals surface area (Å²) in [4.78, 5) is 24.9. The van der Waals surface area contributed by atoms with E-state index in [9.17, 15) is 22.8 Å². The van der Waals surface area contributed by atoms with Gasteiger partial charge in [-0.3, -0.25) is 0 Å². The Morgan fingerprint density at radius 3 is 2.05 bits per heavy atom. The van der Waals surface area contributed by atoms with Gasteiger partial charge < -0.3 is 34.7 Å². The minimum Gasteiger partial charge on any atom is -0.434 e. The molecular formula is C26H35F3N2O7. The van der Waals surface area contributed by atoms with E-state index in [0.717, 1.165) is 25.3 Å². The van der Waals surface area contributed by atoms with Crippen LogP contribution in [0, 0.1) is 0 Å². The molecule has 0 amide bonds. The number of hydrogen-bond donors (Lipinski definition) is 2. The largest absolute Gasteiger partial charge is 0.513 e. The fourth-order valence-corrected chi connectivity index (χ4v) is 3.84. The SMILES string of the molecule is CCOCCOC(=O)OC1=C(C)NC(C)=C(OC(=O)OCCCCCCN)C1c1ccccc1C(F)(F)F. The molecule has 0 spiro atoms. The van der Waals surface area contributed by atoms with Gasteiger partial charge in [0.2, 0.25) is 0 Å². The Labute approximate surface area is 220 Å². The van der Waals surface area contributed by atoms with Crippen molar-refractivity contribution >= 4 is 12.3 Å².